The molecule has 2 amide bonds. The van der Waals surface area contributed by atoms with E-state index in [0.717, 1.165) is 14.8 Å². The van der Waals surface area contributed by atoms with Crippen LogP contribution in [0.3, 0.4) is 0 Å². The molecular weight excluding hydrogens is 462 g/mol. The number of para-hydroxylation sites is 1. The maximum Gasteiger partial charge on any atom is 0.414 e. The molecule has 0 saturated carbocycles. The number of ether oxygens (including phenoxy) is 1. The highest BCUT2D eigenvalue weighted by atomic mass is 32.2. The Bertz CT molecular complexity index is 1230. The predicted octanol–water partition coefficient (Wildman–Crippen LogP) is 1.89. The molecular formula is C23H27N3O7S. The molecule has 0 radical (unpaired) electrons. The largest absolute Gasteiger partial charge is 0.479 e. The summed E-state index contributed by atoms with van der Waals surface area (Å²) in [6, 6.07) is 11.2. The molecule has 1 heterocycles. The van der Waals surface area contributed by atoms with E-state index in [4.69, 9.17) is 4.74 Å². The highest BCUT2D eigenvalue weighted by molar-refractivity contribution is 7.89. The zero-order valence-electron chi connectivity index (χ0n) is 19.5. The van der Waals surface area contributed by atoms with Gasteiger partial charge in [0.05, 0.1) is 4.90 Å². The summed E-state index contributed by atoms with van der Waals surface area (Å²) in [7, 11) is 0.282. The summed E-state index contributed by atoms with van der Waals surface area (Å²) in [4.78, 5) is 39.9. The van der Waals surface area contributed by atoms with Gasteiger partial charge >= 0.3 is 12.1 Å². The molecule has 2 aromatic rings. The molecule has 2 aromatic carbocycles. The zero-order chi connectivity index (χ0) is 25.4. The van der Waals surface area contributed by atoms with Crippen LogP contribution >= 0.6 is 0 Å². The quantitative estimate of drug-likeness (QED) is 0.589. The van der Waals surface area contributed by atoms with Crippen molar-refractivity contribution in [2.45, 2.75) is 30.3 Å². The molecule has 1 N–H and O–H groups in total. The van der Waals surface area contributed by atoms with Gasteiger partial charge in [-0.15, -0.1) is 0 Å². The Morgan fingerprint density at radius 3 is 2.21 bits per heavy atom. The number of carboxylic acid groups (broad SMARTS) is 1. The number of amides is 2. The number of hydrogen-bond acceptors (Lipinski definition) is 6. The SMILES string of the molecule is Cc1ccc(S(=O)(=O)N(C)C2CN(C(C)(C(=O)O)c3ccccc3OC(=O)N(C)C)C2=O)cc1. The Balaban J connectivity index is 1.91. The lowest BCUT2D eigenvalue weighted by atomic mass is 9.85. The van der Waals surface area contributed by atoms with Crippen molar-refractivity contribution in [2.24, 2.45) is 0 Å². The summed E-state index contributed by atoms with van der Waals surface area (Å²) in [6.45, 7) is 2.99. The standard InChI is InChI=1S/C23H27N3O7S/c1-15-10-12-16(13-11-15)34(31,32)25(5)18-14-26(20(18)27)23(2,21(28)29)17-8-6-7-9-19(17)33-22(30)24(3)4/h6-13,18H,14H2,1-5H3,(H,28,29). The Morgan fingerprint density at radius 2 is 1.68 bits per heavy atom. The van der Waals surface area contributed by atoms with Crippen molar-refractivity contribution < 1.29 is 32.6 Å². The van der Waals surface area contributed by atoms with E-state index in [-0.39, 0.29) is 22.8 Å². The number of sulfonamides is 1. The Hall–Kier alpha value is -3.44. The minimum Gasteiger partial charge on any atom is -0.479 e. The van der Waals surface area contributed by atoms with Gasteiger partial charge in [-0.3, -0.25) is 4.79 Å². The van der Waals surface area contributed by atoms with E-state index < -0.39 is 39.6 Å². The first kappa shape index (κ1) is 25.2. The lowest BCUT2D eigenvalue weighted by Crippen LogP contribution is -2.70. The topological polar surface area (TPSA) is 125 Å². The van der Waals surface area contributed by atoms with E-state index in [1.165, 1.54) is 57.2 Å². The van der Waals surface area contributed by atoms with Gasteiger partial charge in [0.25, 0.3) is 0 Å². The fraction of sp³-hybridized carbons (Fsp3) is 0.348. The molecule has 0 spiro atoms. The van der Waals surface area contributed by atoms with Crippen LogP contribution < -0.4 is 4.74 Å². The summed E-state index contributed by atoms with van der Waals surface area (Å²) in [5.74, 6) is -2.03. The van der Waals surface area contributed by atoms with Gasteiger partial charge in [-0.1, -0.05) is 35.9 Å². The average Bonchev–Trinajstić information content (AvgIpc) is 2.78. The summed E-state index contributed by atoms with van der Waals surface area (Å²) in [5.41, 5.74) is -0.919. The lowest BCUT2D eigenvalue weighted by Gasteiger charge is -2.50. The van der Waals surface area contributed by atoms with Gasteiger partial charge in [-0.05, 0) is 32.0 Å². The fourth-order valence-electron chi connectivity index (χ4n) is 3.65. The second kappa shape index (κ2) is 9.07. The number of likely N-dealkylation sites (N-methyl/N-ethyl adjacent to an activating group) is 1. The minimum atomic E-state index is -3.97. The highest BCUT2D eigenvalue weighted by Crippen LogP contribution is 2.40. The molecule has 11 heteroatoms. The molecule has 34 heavy (non-hydrogen) atoms. The third-order valence-corrected chi connectivity index (χ3v) is 7.85. The maximum atomic E-state index is 13.1. The van der Waals surface area contributed by atoms with Crippen LogP contribution in [0.15, 0.2) is 53.4 Å². The third-order valence-electron chi connectivity index (χ3n) is 5.97. The van der Waals surface area contributed by atoms with Crippen LogP contribution in [0.4, 0.5) is 4.79 Å². The smallest absolute Gasteiger partial charge is 0.414 e. The van der Waals surface area contributed by atoms with Crippen LogP contribution in [0.1, 0.15) is 18.1 Å². The van der Waals surface area contributed by atoms with Gasteiger partial charge in [0.15, 0.2) is 5.54 Å². The van der Waals surface area contributed by atoms with E-state index >= 15 is 0 Å². The van der Waals surface area contributed by atoms with Crippen molar-refractivity contribution in [1.29, 1.82) is 0 Å². The summed E-state index contributed by atoms with van der Waals surface area (Å²) < 4.78 is 32.3. The molecule has 10 nitrogen and oxygen atoms in total. The minimum absolute atomic E-state index is 0.0111. The molecule has 1 saturated heterocycles. The number of likely N-dealkylation sites (tertiary alicyclic amines) is 1. The summed E-state index contributed by atoms with van der Waals surface area (Å²) >= 11 is 0. The van der Waals surface area contributed by atoms with Crippen LogP contribution in [0, 0.1) is 6.92 Å². The molecule has 1 aliphatic rings. The molecule has 0 aromatic heterocycles. The van der Waals surface area contributed by atoms with Crippen molar-refractivity contribution in [2.75, 3.05) is 27.7 Å². The van der Waals surface area contributed by atoms with Crippen molar-refractivity contribution in [3.8, 4) is 5.75 Å². The van der Waals surface area contributed by atoms with Crippen molar-refractivity contribution in [3.63, 3.8) is 0 Å². The number of rotatable bonds is 7. The number of β-lactam (4-membered cyclic amide) rings is 1. The Kier molecular flexibility index (Phi) is 6.72. The van der Waals surface area contributed by atoms with Gasteiger partial charge < -0.3 is 19.6 Å². The number of aryl methyl sites for hydroxylation is 1. The first-order valence-electron chi connectivity index (χ1n) is 10.4. The van der Waals surface area contributed by atoms with Crippen molar-refractivity contribution in [3.05, 3.63) is 59.7 Å². The number of carbonyl (C=O) groups excluding carboxylic acids is 2. The molecule has 182 valence electrons. The molecule has 2 unspecified atom stereocenters. The third kappa shape index (κ3) is 4.24. The molecule has 0 bridgehead atoms. The normalized spacial score (nSPS) is 17.6. The van der Waals surface area contributed by atoms with Crippen LogP contribution in [-0.2, 0) is 25.2 Å². The van der Waals surface area contributed by atoms with Crippen molar-refractivity contribution >= 4 is 28.0 Å². The van der Waals surface area contributed by atoms with Crippen LogP contribution in [0.2, 0.25) is 0 Å². The monoisotopic (exact) mass is 489 g/mol. The van der Waals surface area contributed by atoms with E-state index in [0.29, 0.717) is 0 Å². The van der Waals surface area contributed by atoms with Gasteiger partial charge in [-0.25, -0.2) is 18.0 Å². The van der Waals surface area contributed by atoms with E-state index in [9.17, 15) is 27.9 Å². The molecule has 1 fully saturated rings. The number of carbonyl (C=O) groups is 3. The van der Waals surface area contributed by atoms with Gasteiger partial charge in [-0.2, -0.15) is 4.31 Å². The lowest BCUT2D eigenvalue weighted by molar-refractivity contribution is -0.171. The first-order chi connectivity index (χ1) is 15.8. The van der Waals surface area contributed by atoms with Crippen LogP contribution in [0.5, 0.6) is 5.75 Å². The average molecular weight is 490 g/mol. The molecule has 0 aliphatic carbocycles. The predicted molar refractivity (Wildman–Crippen MR) is 123 cm³/mol. The van der Waals surface area contributed by atoms with Gasteiger partial charge in [0, 0.05) is 33.3 Å². The summed E-state index contributed by atoms with van der Waals surface area (Å²) in [6.07, 6.45) is -0.711. The van der Waals surface area contributed by atoms with Gasteiger partial charge in [0.2, 0.25) is 15.9 Å². The number of nitrogens with zero attached hydrogens (tertiary/aromatic N) is 3. The number of aliphatic carboxylic acids is 1. The van der Waals surface area contributed by atoms with Crippen molar-refractivity contribution in [1.82, 2.24) is 14.1 Å². The van der Waals surface area contributed by atoms with Crippen LogP contribution in [-0.4, -0.2) is 79.3 Å². The Labute approximate surface area is 198 Å². The van der Waals surface area contributed by atoms with Crippen LogP contribution in [0.25, 0.3) is 0 Å². The Morgan fingerprint density at radius 1 is 1.09 bits per heavy atom. The molecule has 1 aliphatic heterocycles. The second-order valence-corrected chi connectivity index (χ2v) is 10.4. The molecule has 3 rings (SSSR count). The fourth-order valence-corrected chi connectivity index (χ4v) is 4.95. The van der Waals surface area contributed by atoms with E-state index in [2.05, 4.69) is 0 Å². The summed E-state index contributed by atoms with van der Waals surface area (Å²) in [5, 5.41) is 10.1. The number of carboxylic acids is 1. The highest BCUT2D eigenvalue weighted by Gasteiger charge is 2.56. The maximum absolute atomic E-state index is 13.1. The first-order valence-corrected chi connectivity index (χ1v) is 11.8. The zero-order valence-corrected chi connectivity index (χ0v) is 20.4. The number of benzene rings is 2. The number of hydrogen-bond donors (Lipinski definition) is 1. The van der Waals surface area contributed by atoms with E-state index in [1.54, 1.807) is 24.3 Å². The molecule has 2 atom stereocenters. The second-order valence-electron chi connectivity index (χ2n) is 8.43. The van der Waals surface area contributed by atoms with Gasteiger partial charge in [0.1, 0.15) is 11.8 Å². The van der Waals surface area contributed by atoms with E-state index in [1.807, 2.05) is 6.92 Å².